The molecule has 0 fully saturated rings. The highest BCUT2D eigenvalue weighted by molar-refractivity contribution is 7.89. The fraction of sp³-hybridized carbons (Fsp3) is 0.188. The molecule has 0 bridgehead atoms. The maximum Gasteiger partial charge on any atom is 0.258 e. The van der Waals surface area contributed by atoms with Crippen LogP contribution in [0.15, 0.2) is 53.4 Å². The summed E-state index contributed by atoms with van der Waals surface area (Å²) in [5, 5.41) is 3.13. The normalized spacial score (nSPS) is 11.1. The van der Waals surface area contributed by atoms with Crippen molar-refractivity contribution in [3.8, 4) is 5.75 Å². The molecule has 0 unspecified atom stereocenters. The molecule has 0 aromatic heterocycles. The molecule has 0 atom stereocenters. The zero-order chi connectivity index (χ0) is 17.6. The van der Waals surface area contributed by atoms with Crippen LogP contribution in [0.1, 0.15) is 5.56 Å². The summed E-state index contributed by atoms with van der Waals surface area (Å²) in [6, 6.07) is 13.1. The number of benzene rings is 2. The first-order chi connectivity index (χ1) is 11.4. The number of amides is 1. The van der Waals surface area contributed by atoms with Crippen molar-refractivity contribution in [3.63, 3.8) is 0 Å². The van der Waals surface area contributed by atoms with Gasteiger partial charge in [-0.15, -0.1) is 0 Å². The minimum Gasteiger partial charge on any atom is -0.482 e. The maximum absolute atomic E-state index is 11.8. The lowest BCUT2D eigenvalue weighted by atomic mass is 10.2. The van der Waals surface area contributed by atoms with Gasteiger partial charge in [-0.25, -0.2) is 13.1 Å². The third-order valence-electron chi connectivity index (χ3n) is 3.19. The Morgan fingerprint density at radius 1 is 1.12 bits per heavy atom. The van der Waals surface area contributed by atoms with Crippen molar-refractivity contribution in [3.05, 3.63) is 59.1 Å². The van der Waals surface area contributed by atoms with E-state index in [-0.39, 0.29) is 24.0 Å². The second-order valence-corrected chi connectivity index (χ2v) is 7.14. The van der Waals surface area contributed by atoms with Gasteiger partial charge in [0.25, 0.3) is 5.91 Å². The Kier molecular flexibility index (Phi) is 6.19. The van der Waals surface area contributed by atoms with Crippen LogP contribution in [0.4, 0.5) is 0 Å². The first-order valence-corrected chi connectivity index (χ1v) is 8.95. The molecule has 2 N–H and O–H groups in total. The molecule has 0 aliphatic rings. The third kappa shape index (κ3) is 4.95. The number of halogens is 1. The largest absolute Gasteiger partial charge is 0.482 e. The third-order valence-corrected chi connectivity index (χ3v) is 4.93. The second kappa shape index (κ2) is 8.14. The van der Waals surface area contributed by atoms with Gasteiger partial charge in [0.05, 0.1) is 9.92 Å². The first-order valence-electron chi connectivity index (χ1n) is 7.09. The van der Waals surface area contributed by atoms with Crippen molar-refractivity contribution in [2.45, 2.75) is 11.4 Å². The number of rotatable bonds is 7. The fourth-order valence-electron chi connectivity index (χ4n) is 1.86. The quantitative estimate of drug-likeness (QED) is 0.782. The SMILES string of the molecule is CNS(=O)(=O)c1ccc(CNC(=O)COc2ccccc2Cl)cc1. The van der Waals surface area contributed by atoms with Gasteiger partial charge in [-0.1, -0.05) is 35.9 Å². The van der Waals surface area contributed by atoms with Crippen molar-refractivity contribution in [2.75, 3.05) is 13.7 Å². The molecule has 0 saturated carbocycles. The van der Waals surface area contributed by atoms with Crippen molar-refractivity contribution in [2.24, 2.45) is 0 Å². The number of hydrogen-bond donors (Lipinski definition) is 2. The van der Waals surface area contributed by atoms with Gasteiger partial charge in [0, 0.05) is 6.54 Å². The zero-order valence-electron chi connectivity index (χ0n) is 13.0. The average molecular weight is 369 g/mol. The van der Waals surface area contributed by atoms with Gasteiger partial charge >= 0.3 is 0 Å². The molecule has 1 amide bonds. The Morgan fingerprint density at radius 3 is 2.42 bits per heavy atom. The Hall–Kier alpha value is -2.09. The fourth-order valence-corrected chi connectivity index (χ4v) is 2.78. The van der Waals surface area contributed by atoms with Gasteiger partial charge in [0.2, 0.25) is 10.0 Å². The molecule has 2 rings (SSSR count). The molecule has 0 radical (unpaired) electrons. The van der Waals surface area contributed by atoms with Gasteiger partial charge in [-0.2, -0.15) is 0 Å². The predicted molar refractivity (Wildman–Crippen MR) is 91.5 cm³/mol. The summed E-state index contributed by atoms with van der Waals surface area (Å²) in [7, 11) is -2.11. The van der Waals surface area contributed by atoms with Crippen LogP contribution in [0.2, 0.25) is 5.02 Å². The van der Waals surface area contributed by atoms with Crippen LogP contribution in [-0.2, 0) is 21.4 Å². The molecule has 128 valence electrons. The van der Waals surface area contributed by atoms with E-state index in [0.29, 0.717) is 10.8 Å². The van der Waals surface area contributed by atoms with Gasteiger partial charge in [0.1, 0.15) is 5.75 Å². The monoisotopic (exact) mass is 368 g/mol. The van der Waals surface area contributed by atoms with E-state index in [4.69, 9.17) is 16.3 Å². The molecule has 0 spiro atoms. The van der Waals surface area contributed by atoms with Crippen LogP contribution in [0.5, 0.6) is 5.75 Å². The first kappa shape index (κ1) is 18.3. The lowest BCUT2D eigenvalue weighted by molar-refractivity contribution is -0.123. The van der Waals surface area contributed by atoms with E-state index in [1.165, 1.54) is 19.2 Å². The molecule has 2 aromatic rings. The van der Waals surface area contributed by atoms with E-state index < -0.39 is 10.0 Å². The molecule has 8 heteroatoms. The number of carbonyl (C=O) groups is 1. The molecule has 0 heterocycles. The number of para-hydroxylation sites is 1. The summed E-state index contributed by atoms with van der Waals surface area (Å²) in [6.07, 6.45) is 0. The maximum atomic E-state index is 11.8. The summed E-state index contributed by atoms with van der Waals surface area (Å²) >= 11 is 5.93. The summed E-state index contributed by atoms with van der Waals surface area (Å²) in [5.41, 5.74) is 0.774. The van der Waals surface area contributed by atoms with Crippen LogP contribution in [0, 0.1) is 0 Å². The molecule has 24 heavy (non-hydrogen) atoms. The Labute approximate surface area is 145 Å². The number of carbonyl (C=O) groups excluding carboxylic acids is 1. The smallest absolute Gasteiger partial charge is 0.258 e. The minimum absolute atomic E-state index is 0.157. The van der Waals surface area contributed by atoms with E-state index >= 15 is 0 Å². The zero-order valence-corrected chi connectivity index (χ0v) is 14.5. The number of sulfonamides is 1. The topological polar surface area (TPSA) is 84.5 Å². The van der Waals surface area contributed by atoms with Gasteiger partial charge < -0.3 is 10.1 Å². The lowest BCUT2D eigenvalue weighted by Crippen LogP contribution is -2.28. The van der Waals surface area contributed by atoms with Gasteiger partial charge in [-0.3, -0.25) is 4.79 Å². The van der Waals surface area contributed by atoms with Crippen molar-refractivity contribution >= 4 is 27.5 Å². The summed E-state index contributed by atoms with van der Waals surface area (Å²) in [4.78, 5) is 12.0. The Bertz CT molecular complexity index is 807. The van der Waals surface area contributed by atoms with Gasteiger partial charge in [0.15, 0.2) is 6.61 Å². The van der Waals surface area contributed by atoms with Gasteiger partial charge in [-0.05, 0) is 36.9 Å². The Balaban J connectivity index is 1.85. The molecule has 0 aliphatic heterocycles. The average Bonchev–Trinajstić information content (AvgIpc) is 2.59. The minimum atomic E-state index is -3.46. The molecule has 6 nitrogen and oxygen atoms in total. The predicted octanol–water partition coefficient (Wildman–Crippen LogP) is 1.94. The standard InChI is InChI=1S/C16H17ClN2O4S/c1-18-24(21,22)13-8-6-12(7-9-13)10-19-16(20)11-23-15-5-3-2-4-14(15)17/h2-9,18H,10-11H2,1H3,(H,19,20). The number of nitrogens with one attached hydrogen (secondary N) is 2. The van der Waals surface area contributed by atoms with Crippen molar-refractivity contribution < 1.29 is 17.9 Å². The van der Waals surface area contributed by atoms with Crippen LogP contribution in [-0.4, -0.2) is 28.0 Å². The highest BCUT2D eigenvalue weighted by Gasteiger charge is 2.10. The van der Waals surface area contributed by atoms with Crippen molar-refractivity contribution in [1.29, 1.82) is 0 Å². The molecular weight excluding hydrogens is 352 g/mol. The number of ether oxygens (including phenoxy) is 1. The van der Waals surface area contributed by atoms with E-state index in [9.17, 15) is 13.2 Å². The lowest BCUT2D eigenvalue weighted by Gasteiger charge is -2.09. The van der Waals surface area contributed by atoms with Crippen LogP contribution in [0.3, 0.4) is 0 Å². The van der Waals surface area contributed by atoms with Crippen molar-refractivity contribution in [1.82, 2.24) is 10.0 Å². The summed E-state index contributed by atoms with van der Waals surface area (Å²) < 4.78 is 30.8. The molecular formula is C16H17ClN2O4S. The van der Waals surface area contributed by atoms with Crippen LogP contribution in [0.25, 0.3) is 0 Å². The molecule has 0 saturated heterocycles. The van der Waals surface area contributed by atoms with E-state index in [0.717, 1.165) is 5.56 Å². The molecule has 0 aliphatic carbocycles. The van der Waals surface area contributed by atoms with E-state index in [1.54, 1.807) is 36.4 Å². The van der Waals surface area contributed by atoms with E-state index in [2.05, 4.69) is 10.0 Å². The van der Waals surface area contributed by atoms with Crippen LogP contribution >= 0.6 is 11.6 Å². The van der Waals surface area contributed by atoms with Crippen LogP contribution < -0.4 is 14.8 Å². The highest BCUT2D eigenvalue weighted by atomic mass is 35.5. The Morgan fingerprint density at radius 2 is 1.79 bits per heavy atom. The number of hydrogen-bond acceptors (Lipinski definition) is 4. The summed E-state index contributed by atoms with van der Waals surface area (Å²) in [5.74, 6) is 0.137. The highest BCUT2D eigenvalue weighted by Crippen LogP contribution is 2.22. The summed E-state index contributed by atoms with van der Waals surface area (Å²) in [6.45, 7) is 0.112. The molecule has 2 aromatic carbocycles. The second-order valence-electron chi connectivity index (χ2n) is 4.85. The van der Waals surface area contributed by atoms with E-state index in [1.807, 2.05) is 0 Å².